The summed E-state index contributed by atoms with van der Waals surface area (Å²) in [5.41, 5.74) is 8.60. The lowest BCUT2D eigenvalue weighted by atomic mass is 10.0. The van der Waals surface area contributed by atoms with Crippen molar-refractivity contribution in [2.45, 2.75) is 33.4 Å². The molecular weight excluding hydrogens is 499 g/mol. The Morgan fingerprint density at radius 1 is 0.865 bits per heavy atom. The molecule has 0 aliphatic rings. The van der Waals surface area contributed by atoms with Gasteiger partial charge in [0.05, 0.1) is 6.04 Å². The van der Waals surface area contributed by atoms with Crippen LogP contribution in [-0.4, -0.2) is 10.5 Å². The minimum absolute atomic E-state index is 0.137. The van der Waals surface area contributed by atoms with Gasteiger partial charge in [0.25, 0.3) is 5.91 Å². The number of benzene rings is 4. The second-order valence-corrected chi connectivity index (χ2v) is 10.3. The summed E-state index contributed by atoms with van der Waals surface area (Å²) in [6.45, 7) is 6.94. The molecule has 5 heteroatoms. The maximum absolute atomic E-state index is 13.1. The largest absolute Gasteiger partial charge is 0.345 e. The molecule has 0 saturated carbocycles. The number of carbonyl (C=O) groups is 1. The van der Waals surface area contributed by atoms with Crippen LogP contribution in [-0.2, 0) is 6.54 Å². The van der Waals surface area contributed by atoms with Crippen LogP contribution in [0, 0.1) is 13.8 Å². The number of aryl methyl sites for hydroxylation is 1. The zero-order valence-corrected chi connectivity index (χ0v) is 22.6. The van der Waals surface area contributed by atoms with Gasteiger partial charge in [0.15, 0.2) is 0 Å². The van der Waals surface area contributed by atoms with Gasteiger partial charge in [-0.2, -0.15) is 0 Å². The van der Waals surface area contributed by atoms with E-state index in [9.17, 15) is 4.79 Å². The van der Waals surface area contributed by atoms with Crippen LogP contribution in [0.25, 0.3) is 22.0 Å². The number of nitrogens with zero attached hydrogens (tertiary/aromatic N) is 1. The summed E-state index contributed by atoms with van der Waals surface area (Å²) >= 11 is 12.4. The molecule has 3 nitrogen and oxygen atoms in total. The van der Waals surface area contributed by atoms with E-state index in [-0.39, 0.29) is 11.9 Å². The van der Waals surface area contributed by atoms with Gasteiger partial charge in [0.2, 0.25) is 0 Å². The van der Waals surface area contributed by atoms with Crippen LogP contribution < -0.4 is 5.32 Å². The fourth-order valence-electron chi connectivity index (χ4n) is 4.82. The smallest absolute Gasteiger partial charge is 0.251 e. The second-order valence-electron chi connectivity index (χ2n) is 9.45. The first kappa shape index (κ1) is 25.1. The van der Waals surface area contributed by atoms with E-state index in [2.05, 4.69) is 72.3 Å². The van der Waals surface area contributed by atoms with Gasteiger partial charge in [-0.05, 0) is 78.9 Å². The number of hydrogen-bond donors (Lipinski definition) is 1. The van der Waals surface area contributed by atoms with Gasteiger partial charge in [-0.3, -0.25) is 4.79 Å². The van der Waals surface area contributed by atoms with Gasteiger partial charge in [-0.1, -0.05) is 83.9 Å². The number of carbonyl (C=O) groups excluding carboxylic acids is 1. The highest BCUT2D eigenvalue weighted by Crippen LogP contribution is 2.29. The molecule has 1 amide bonds. The molecule has 0 aliphatic heterocycles. The summed E-state index contributed by atoms with van der Waals surface area (Å²) in [5, 5.41) is 5.26. The molecule has 0 fully saturated rings. The molecule has 186 valence electrons. The Hall–Kier alpha value is -3.53. The van der Waals surface area contributed by atoms with Crippen molar-refractivity contribution in [3.8, 4) is 11.1 Å². The normalized spacial score (nSPS) is 12.0. The topological polar surface area (TPSA) is 34.0 Å². The van der Waals surface area contributed by atoms with Crippen LogP contribution in [0.5, 0.6) is 0 Å². The number of fused-ring (bicyclic) bond motifs is 1. The zero-order chi connectivity index (χ0) is 26.1. The quantitative estimate of drug-likeness (QED) is 0.235. The molecule has 1 heterocycles. The molecular formula is C32H28Cl2N2O. The second kappa shape index (κ2) is 10.5. The van der Waals surface area contributed by atoms with Gasteiger partial charge in [-0.25, -0.2) is 0 Å². The lowest BCUT2D eigenvalue weighted by Crippen LogP contribution is -2.26. The Morgan fingerprint density at radius 3 is 2.27 bits per heavy atom. The number of halogens is 2. The number of hydrogen-bond acceptors (Lipinski definition) is 1. The lowest BCUT2D eigenvalue weighted by Gasteiger charge is -2.16. The van der Waals surface area contributed by atoms with Crippen molar-refractivity contribution in [3.05, 3.63) is 129 Å². The molecule has 5 rings (SSSR count). The highest BCUT2D eigenvalue weighted by Gasteiger charge is 2.17. The van der Waals surface area contributed by atoms with Crippen LogP contribution in [0.15, 0.2) is 91.0 Å². The Balaban J connectivity index is 1.38. The van der Waals surface area contributed by atoms with Crippen molar-refractivity contribution in [1.82, 2.24) is 9.88 Å². The molecule has 1 N–H and O–H groups in total. The number of nitrogens with one attached hydrogen (secondary N) is 1. The van der Waals surface area contributed by atoms with Crippen molar-refractivity contribution in [2.24, 2.45) is 0 Å². The van der Waals surface area contributed by atoms with Crippen molar-refractivity contribution in [1.29, 1.82) is 0 Å². The summed E-state index contributed by atoms with van der Waals surface area (Å²) in [6, 6.07) is 30.1. The van der Waals surface area contributed by atoms with Crippen LogP contribution in [0.1, 0.15) is 45.7 Å². The van der Waals surface area contributed by atoms with E-state index in [0.29, 0.717) is 15.6 Å². The summed E-state index contributed by atoms with van der Waals surface area (Å²) < 4.78 is 2.32. The minimum atomic E-state index is -0.251. The first-order valence-corrected chi connectivity index (χ1v) is 13.1. The monoisotopic (exact) mass is 526 g/mol. The van der Waals surface area contributed by atoms with Gasteiger partial charge in [0, 0.05) is 38.8 Å². The van der Waals surface area contributed by atoms with E-state index < -0.39 is 0 Å². The van der Waals surface area contributed by atoms with E-state index in [1.807, 2.05) is 37.3 Å². The third-order valence-electron chi connectivity index (χ3n) is 7.08. The average molecular weight is 527 g/mol. The maximum atomic E-state index is 13.1. The minimum Gasteiger partial charge on any atom is -0.345 e. The molecule has 0 aliphatic carbocycles. The number of amides is 1. The highest BCUT2D eigenvalue weighted by atomic mass is 35.5. The van der Waals surface area contributed by atoms with Gasteiger partial charge >= 0.3 is 0 Å². The standard InChI is InChI=1S/C32H28Cl2N2O/c1-20-22(3)36(19-23-9-11-25(12-10-23)24-7-5-4-6-8-24)31-16-13-26(17-29(20)31)32(37)35-21(2)28-15-14-27(33)18-30(28)34/h4-18,21H,19H2,1-3H3,(H,35,37)/t21-/m1/s1. The van der Waals surface area contributed by atoms with Crippen molar-refractivity contribution in [2.75, 3.05) is 0 Å². The van der Waals surface area contributed by atoms with E-state index in [0.717, 1.165) is 23.0 Å². The molecule has 0 saturated heterocycles. The zero-order valence-electron chi connectivity index (χ0n) is 21.1. The van der Waals surface area contributed by atoms with Crippen LogP contribution in [0.2, 0.25) is 10.0 Å². The van der Waals surface area contributed by atoms with E-state index in [1.165, 1.54) is 27.9 Å². The molecule has 0 unspecified atom stereocenters. The molecule has 0 spiro atoms. The number of rotatable bonds is 6. The fraction of sp³-hybridized carbons (Fsp3) is 0.156. The van der Waals surface area contributed by atoms with E-state index in [4.69, 9.17) is 23.2 Å². The molecule has 1 aromatic heterocycles. The SMILES string of the molecule is Cc1c(C)n(Cc2ccc(-c3ccccc3)cc2)c2ccc(C(=O)N[C@H](C)c3ccc(Cl)cc3Cl)cc12. The lowest BCUT2D eigenvalue weighted by molar-refractivity contribution is 0.0940. The van der Waals surface area contributed by atoms with E-state index >= 15 is 0 Å². The Morgan fingerprint density at radius 2 is 1.57 bits per heavy atom. The van der Waals surface area contributed by atoms with Crippen LogP contribution in [0.3, 0.4) is 0 Å². The number of aromatic nitrogens is 1. The molecule has 0 bridgehead atoms. The van der Waals surface area contributed by atoms with Crippen molar-refractivity contribution < 1.29 is 4.79 Å². The van der Waals surface area contributed by atoms with Crippen molar-refractivity contribution in [3.63, 3.8) is 0 Å². The van der Waals surface area contributed by atoms with E-state index in [1.54, 1.807) is 12.1 Å². The summed E-state index contributed by atoms with van der Waals surface area (Å²) in [6.07, 6.45) is 0. The molecule has 5 aromatic rings. The third kappa shape index (κ3) is 5.16. The molecule has 37 heavy (non-hydrogen) atoms. The molecule has 4 aromatic carbocycles. The Kier molecular flexibility index (Phi) is 7.10. The third-order valence-corrected chi connectivity index (χ3v) is 7.64. The van der Waals surface area contributed by atoms with Gasteiger partial charge in [-0.15, -0.1) is 0 Å². The summed E-state index contributed by atoms with van der Waals surface area (Å²) in [5.74, 6) is -0.137. The summed E-state index contributed by atoms with van der Waals surface area (Å²) in [4.78, 5) is 13.1. The average Bonchev–Trinajstić information content (AvgIpc) is 3.13. The highest BCUT2D eigenvalue weighted by molar-refractivity contribution is 6.35. The first-order valence-electron chi connectivity index (χ1n) is 12.3. The first-order chi connectivity index (χ1) is 17.8. The summed E-state index contributed by atoms with van der Waals surface area (Å²) in [7, 11) is 0. The predicted molar refractivity (Wildman–Crippen MR) is 155 cm³/mol. The maximum Gasteiger partial charge on any atom is 0.251 e. The predicted octanol–water partition coefficient (Wildman–Crippen LogP) is 8.77. The Bertz CT molecular complexity index is 1590. The molecule has 0 radical (unpaired) electrons. The Labute approximate surface area is 227 Å². The van der Waals surface area contributed by atoms with Crippen LogP contribution in [0.4, 0.5) is 0 Å². The van der Waals surface area contributed by atoms with Crippen molar-refractivity contribution >= 4 is 40.0 Å². The van der Waals surface area contributed by atoms with Gasteiger partial charge in [0.1, 0.15) is 0 Å². The fourth-order valence-corrected chi connectivity index (χ4v) is 5.39. The van der Waals surface area contributed by atoms with Crippen LogP contribution >= 0.6 is 23.2 Å². The van der Waals surface area contributed by atoms with Gasteiger partial charge < -0.3 is 9.88 Å². The molecule has 1 atom stereocenters.